The second-order valence-corrected chi connectivity index (χ2v) is 7.18. The van der Waals surface area contributed by atoms with Crippen molar-refractivity contribution in [2.24, 2.45) is 0 Å². The van der Waals surface area contributed by atoms with Crippen molar-refractivity contribution in [1.29, 1.82) is 5.26 Å². The van der Waals surface area contributed by atoms with Crippen molar-refractivity contribution in [2.75, 3.05) is 55.8 Å². The van der Waals surface area contributed by atoms with Gasteiger partial charge in [0.1, 0.15) is 0 Å². The molecule has 2 aromatic carbocycles. The zero-order valence-corrected chi connectivity index (χ0v) is 18.5. The topological polar surface area (TPSA) is 100 Å². The number of carbonyl (C=O) groups excluding carboxylic acids is 2. The Morgan fingerprint density at radius 3 is 2.29 bits per heavy atom. The summed E-state index contributed by atoms with van der Waals surface area (Å²) in [7, 11) is 3.73. The van der Waals surface area contributed by atoms with Crippen LogP contribution in [-0.4, -0.2) is 57.1 Å². The van der Waals surface area contributed by atoms with Crippen molar-refractivity contribution in [1.82, 2.24) is 10.2 Å². The van der Waals surface area contributed by atoms with Gasteiger partial charge in [-0.2, -0.15) is 5.26 Å². The van der Waals surface area contributed by atoms with E-state index in [1.807, 2.05) is 25.1 Å². The Balaban J connectivity index is 2.10. The van der Waals surface area contributed by atoms with Crippen LogP contribution in [0.2, 0.25) is 0 Å². The van der Waals surface area contributed by atoms with Gasteiger partial charge in [0.2, 0.25) is 0 Å². The van der Waals surface area contributed by atoms with Crippen LogP contribution in [0.15, 0.2) is 42.5 Å². The van der Waals surface area contributed by atoms with Crippen molar-refractivity contribution in [3.8, 4) is 6.07 Å². The Morgan fingerprint density at radius 2 is 1.68 bits per heavy atom. The summed E-state index contributed by atoms with van der Waals surface area (Å²) in [6, 6.07) is 13.4. The van der Waals surface area contributed by atoms with E-state index < -0.39 is 6.03 Å². The van der Waals surface area contributed by atoms with Crippen LogP contribution < -0.4 is 20.9 Å². The van der Waals surface area contributed by atoms with Gasteiger partial charge in [-0.3, -0.25) is 4.79 Å². The number of nitrogens with zero attached hydrogens (tertiary/aromatic N) is 3. The molecule has 0 aromatic heterocycles. The van der Waals surface area contributed by atoms with Crippen LogP contribution in [0, 0.1) is 11.3 Å². The van der Waals surface area contributed by atoms with E-state index >= 15 is 0 Å². The van der Waals surface area contributed by atoms with Crippen LogP contribution in [0.1, 0.15) is 29.8 Å². The minimum atomic E-state index is -0.458. The maximum absolute atomic E-state index is 12.8. The van der Waals surface area contributed by atoms with Gasteiger partial charge in [-0.05, 0) is 49.5 Å². The molecule has 164 valence electrons. The number of rotatable bonds is 9. The summed E-state index contributed by atoms with van der Waals surface area (Å²) in [5.41, 5.74) is 2.70. The average molecular weight is 423 g/mol. The number of carbonyl (C=O) groups is 2. The van der Waals surface area contributed by atoms with E-state index in [9.17, 15) is 9.59 Å². The van der Waals surface area contributed by atoms with E-state index in [0.717, 1.165) is 25.3 Å². The predicted octanol–water partition coefficient (Wildman–Crippen LogP) is 3.34. The fourth-order valence-electron chi connectivity index (χ4n) is 3.11. The van der Waals surface area contributed by atoms with Crippen LogP contribution in [-0.2, 0) is 0 Å². The highest BCUT2D eigenvalue weighted by molar-refractivity contribution is 6.04. The van der Waals surface area contributed by atoms with E-state index in [1.165, 1.54) is 0 Å². The molecule has 0 radical (unpaired) electrons. The van der Waals surface area contributed by atoms with Crippen LogP contribution in [0.25, 0.3) is 0 Å². The summed E-state index contributed by atoms with van der Waals surface area (Å²) in [6.45, 7) is 7.36. The minimum absolute atomic E-state index is 0.193. The second kappa shape index (κ2) is 11.6. The lowest BCUT2D eigenvalue weighted by Crippen LogP contribution is -2.35. The molecule has 0 spiro atoms. The summed E-state index contributed by atoms with van der Waals surface area (Å²) in [4.78, 5) is 29.3. The van der Waals surface area contributed by atoms with Crippen LogP contribution >= 0.6 is 0 Å². The zero-order chi connectivity index (χ0) is 22.8. The maximum Gasteiger partial charge on any atom is 0.323 e. The molecule has 8 nitrogen and oxygen atoms in total. The standard InChI is InChI=1S/C23H30N6O2/c1-5-29(6-2)13-12-25-22(30)20-15-19(10-11-21(20)28(3)4)27-23(31)26-18-9-7-8-17(14-18)16-24/h7-11,14-15H,5-6,12-13H2,1-4H3,(H,25,30)(H2,26,27,31). The Hall–Kier alpha value is -3.57. The molecule has 3 amide bonds. The van der Waals surface area contributed by atoms with Crippen molar-refractivity contribution in [2.45, 2.75) is 13.8 Å². The maximum atomic E-state index is 12.8. The number of amides is 3. The number of nitrogens with one attached hydrogen (secondary N) is 3. The summed E-state index contributed by atoms with van der Waals surface area (Å²) in [6.07, 6.45) is 0. The third-order valence-corrected chi connectivity index (χ3v) is 4.84. The highest BCUT2D eigenvalue weighted by Gasteiger charge is 2.15. The molecule has 8 heteroatoms. The van der Waals surface area contributed by atoms with Crippen LogP contribution in [0.4, 0.5) is 21.9 Å². The van der Waals surface area contributed by atoms with Gasteiger partial charge in [-0.15, -0.1) is 0 Å². The fourth-order valence-corrected chi connectivity index (χ4v) is 3.11. The Labute approximate surface area is 183 Å². The first kappa shape index (κ1) is 23.7. The highest BCUT2D eigenvalue weighted by Crippen LogP contribution is 2.23. The smallest absolute Gasteiger partial charge is 0.323 e. The van der Waals surface area contributed by atoms with E-state index in [0.29, 0.717) is 29.0 Å². The van der Waals surface area contributed by atoms with Crippen LogP contribution in [0.3, 0.4) is 0 Å². The molecule has 0 bridgehead atoms. The number of urea groups is 1. The Bertz CT molecular complexity index is 947. The fraction of sp³-hybridized carbons (Fsp3) is 0.348. The quantitative estimate of drug-likeness (QED) is 0.575. The van der Waals surface area contributed by atoms with E-state index in [-0.39, 0.29) is 5.91 Å². The van der Waals surface area contributed by atoms with Gasteiger partial charge in [0, 0.05) is 44.2 Å². The normalized spacial score (nSPS) is 10.3. The zero-order valence-electron chi connectivity index (χ0n) is 18.5. The summed E-state index contributed by atoms with van der Waals surface area (Å²) in [5.74, 6) is -0.193. The molecule has 0 fully saturated rings. The summed E-state index contributed by atoms with van der Waals surface area (Å²) in [5, 5.41) is 17.4. The first-order chi connectivity index (χ1) is 14.9. The van der Waals surface area contributed by atoms with Crippen molar-refractivity contribution in [3.63, 3.8) is 0 Å². The molecular formula is C23H30N6O2. The lowest BCUT2D eigenvalue weighted by atomic mass is 10.1. The van der Waals surface area contributed by atoms with Gasteiger partial charge in [0.25, 0.3) is 5.91 Å². The van der Waals surface area contributed by atoms with Gasteiger partial charge in [-0.25, -0.2) is 4.79 Å². The molecule has 0 aliphatic carbocycles. The average Bonchev–Trinajstić information content (AvgIpc) is 2.76. The molecule has 2 aromatic rings. The molecule has 0 saturated heterocycles. The van der Waals surface area contributed by atoms with Gasteiger partial charge in [0.15, 0.2) is 0 Å². The van der Waals surface area contributed by atoms with Gasteiger partial charge >= 0.3 is 6.03 Å². The number of hydrogen-bond acceptors (Lipinski definition) is 5. The third-order valence-electron chi connectivity index (χ3n) is 4.84. The number of hydrogen-bond donors (Lipinski definition) is 3. The summed E-state index contributed by atoms with van der Waals surface area (Å²) >= 11 is 0. The highest BCUT2D eigenvalue weighted by atomic mass is 16.2. The Kier molecular flexibility index (Phi) is 8.85. The third kappa shape index (κ3) is 7.01. The largest absolute Gasteiger partial charge is 0.377 e. The molecule has 0 unspecified atom stereocenters. The molecule has 0 heterocycles. The SMILES string of the molecule is CCN(CC)CCNC(=O)c1cc(NC(=O)Nc2cccc(C#N)c2)ccc1N(C)C. The van der Waals surface area contributed by atoms with Crippen molar-refractivity contribution >= 4 is 29.0 Å². The lowest BCUT2D eigenvalue weighted by Gasteiger charge is -2.20. The van der Waals surface area contributed by atoms with E-state index in [1.54, 1.807) is 42.5 Å². The first-order valence-electron chi connectivity index (χ1n) is 10.3. The van der Waals surface area contributed by atoms with Crippen molar-refractivity contribution < 1.29 is 9.59 Å². The lowest BCUT2D eigenvalue weighted by molar-refractivity contribution is 0.0949. The monoisotopic (exact) mass is 422 g/mol. The van der Waals surface area contributed by atoms with E-state index in [4.69, 9.17) is 5.26 Å². The first-order valence-corrected chi connectivity index (χ1v) is 10.3. The molecule has 0 saturated carbocycles. The molecule has 0 aliphatic rings. The van der Waals surface area contributed by atoms with Gasteiger partial charge in [0.05, 0.1) is 17.2 Å². The number of likely N-dealkylation sites (N-methyl/N-ethyl adjacent to an activating group) is 1. The van der Waals surface area contributed by atoms with E-state index in [2.05, 4.69) is 34.7 Å². The van der Waals surface area contributed by atoms with Crippen molar-refractivity contribution in [3.05, 3.63) is 53.6 Å². The number of nitriles is 1. The number of benzene rings is 2. The molecule has 31 heavy (non-hydrogen) atoms. The van der Waals surface area contributed by atoms with Gasteiger partial charge in [-0.1, -0.05) is 19.9 Å². The minimum Gasteiger partial charge on any atom is -0.377 e. The predicted molar refractivity (Wildman–Crippen MR) is 125 cm³/mol. The summed E-state index contributed by atoms with van der Waals surface area (Å²) < 4.78 is 0. The molecule has 3 N–H and O–H groups in total. The van der Waals surface area contributed by atoms with Crippen LogP contribution in [0.5, 0.6) is 0 Å². The molecular weight excluding hydrogens is 392 g/mol. The number of anilines is 3. The second-order valence-electron chi connectivity index (χ2n) is 7.18. The Morgan fingerprint density at radius 1 is 1.00 bits per heavy atom. The molecule has 2 rings (SSSR count). The molecule has 0 aliphatic heterocycles. The molecule has 0 atom stereocenters. The van der Waals surface area contributed by atoms with Gasteiger partial charge < -0.3 is 25.8 Å².